The number of hydrogen-bond acceptors (Lipinski definition) is 6. The molecule has 0 aromatic heterocycles. The SMILES string of the molecule is NS(=O)(=O)c1cc(C(=O)N2C[C@@H](O)[C@H](N3CCN(Cc4ccc(Cl)cc4)CC3)C2)ccc1Cl. The van der Waals surface area contributed by atoms with Crippen molar-refractivity contribution >= 4 is 39.1 Å². The van der Waals surface area contributed by atoms with Crippen molar-refractivity contribution in [3.8, 4) is 0 Å². The van der Waals surface area contributed by atoms with Gasteiger partial charge in [0.2, 0.25) is 10.0 Å². The summed E-state index contributed by atoms with van der Waals surface area (Å²) in [5.41, 5.74) is 1.37. The molecule has 0 radical (unpaired) electrons. The molecule has 178 valence electrons. The highest BCUT2D eigenvalue weighted by Gasteiger charge is 2.39. The van der Waals surface area contributed by atoms with Crippen LogP contribution in [0.3, 0.4) is 0 Å². The van der Waals surface area contributed by atoms with Gasteiger partial charge in [-0.15, -0.1) is 0 Å². The van der Waals surface area contributed by atoms with Crippen LogP contribution in [-0.4, -0.2) is 85.5 Å². The zero-order valence-electron chi connectivity index (χ0n) is 17.9. The fourth-order valence-electron chi connectivity index (χ4n) is 4.43. The topological polar surface area (TPSA) is 107 Å². The Kier molecular flexibility index (Phi) is 7.30. The molecule has 33 heavy (non-hydrogen) atoms. The fraction of sp³-hybridized carbons (Fsp3) is 0.409. The Morgan fingerprint density at radius 3 is 2.33 bits per heavy atom. The van der Waals surface area contributed by atoms with Gasteiger partial charge in [-0.05, 0) is 35.9 Å². The Bertz CT molecular complexity index is 1120. The third-order valence-electron chi connectivity index (χ3n) is 6.23. The molecule has 2 aromatic carbocycles. The Balaban J connectivity index is 1.36. The number of amides is 1. The van der Waals surface area contributed by atoms with Crippen LogP contribution in [0.2, 0.25) is 10.0 Å². The number of carbonyl (C=O) groups excluding carboxylic acids is 1. The highest BCUT2D eigenvalue weighted by molar-refractivity contribution is 7.89. The summed E-state index contributed by atoms with van der Waals surface area (Å²) < 4.78 is 23.5. The second kappa shape index (κ2) is 9.87. The summed E-state index contributed by atoms with van der Waals surface area (Å²) in [6.07, 6.45) is -0.679. The predicted octanol–water partition coefficient (Wildman–Crippen LogP) is 1.64. The zero-order chi connectivity index (χ0) is 23.8. The van der Waals surface area contributed by atoms with Gasteiger partial charge in [0.25, 0.3) is 5.91 Å². The Morgan fingerprint density at radius 2 is 1.70 bits per heavy atom. The maximum atomic E-state index is 13.0. The molecule has 2 aliphatic rings. The lowest BCUT2D eigenvalue weighted by Gasteiger charge is -2.38. The molecule has 2 heterocycles. The van der Waals surface area contributed by atoms with E-state index < -0.39 is 16.1 Å². The molecule has 3 N–H and O–H groups in total. The number of primary sulfonamides is 1. The van der Waals surface area contributed by atoms with Crippen LogP contribution in [0.15, 0.2) is 47.4 Å². The maximum absolute atomic E-state index is 13.0. The quantitative estimate of drug-likeness (QED) is 0.630. The second-order valence-electron chi connectivity index (χ2n) is 8.47. The maximum Gasteiger partial charge on any atom is 0.254 e. The van der Waals surface area contributed by atoms with Gasteiger partial charge in [-0.3, -0.25) is 14.6 Å². The molecule has 2 atom stereocenters. The fourth-order valence-corrected chi connectivity index (χ4v) is 5.63. The molecule has 11 heteroatoms. The molecular weight excluding hydrogens is 487 g/mol. The van der Waals surface area contributed by atoms with Crippen molar-refractivity contribution in [3.63, 3.8) is 0 Å². The van der Waals surface area contributed by atoms with E-state index in [1.165, 1.54) is 23.8 Å². The number of benzene rings is 2. The number of rotatable bonds is 5. The summed E-state index contributed by atoms with van der Waals surface area (Å²) in [6.45, 7) is 4.67. The van der Waals surface area contributed by atoms with Gasteiger partial charge in [0, 0.05) is 56.4 Å². The summed E-state index contributed by atoms with van der Waals surface area (Å²) in [5, 5.41) is 16.5. The molecule has 2 aliphatic heterocycles. The van der Waals surface area contributed by atoms with E-state index in [0.29, 0.717) is 6.54 Å². The zero-order valence-corrected chi connectivity index (χ0v) is 20.2. The Labute approximate surface area is 203 Å². The van der Waals surface area contributed by atoms with Crippen LogP contribution in [0.1, 0.15) is 15.9 Å². The first-order valence-electron chi connectivity index (χ1n) is 10.6. The number of likely N-dealkylation sites (tertiary alicyclic amines) is 1. The largest absolute Gasteiger partial charge is 0.390 e. The van der Waals surface area contributed by atoms with Gasteiger partial charge in [-0.2, -0.15) is 0 Å². The van der Waals surface area contributed by atoms with Crippen LogP contribution in [0, 0.1) is 0 Å². The highest BCUT2D eigenvalue weighted by Crippen LogP contribution is 2.25. The second-order valence-corrected chi connectivity index (χ2v) is 10.8. The van der Waals surface area contributed by atoms with Crippen molar-refractivity contribution in [2.45, 2.75) is 23.6 Å². The van der Waals surface area contributed by atoms with E-state index in [0.717, 1.165) is 37.7 Å². The van der Waals surface area contributed by atoms with Crippen LogP contribution < -0.4 is 5.14 Å². The summed E-state index contributed by atoms with van der Waals surface area (Å²) in [4.78, 5) is 18.8. The first-order valence-corrected chi connectivity index (χ1v) is 12.9. The molecule has 4 rings (SSSR count). The van der Waals surface area contributed by atoms with Crippen molar-refractivity contribution in [2.24, 2.45) is 5.14 Å². The number of nitrogens with zero attached hydrogens (tertiary/aromatic N) is 3. The minimum Gasteiger partial charge on any atom is -0.390 e. The molecule has 2 aromatic rings. The Hall–Kier alpha value is -1.72. The number of aliphatic hydroxyl groups excluding tert-OH is 1. The van der Waals surface area contributed by atoms with Gasteiger partial charge in [0.1, 0.15) is 4.90 Å². The summed E-state index contributed by atoms with van der Waals surface area (Å²) >= 11 is 11.9. The normalized spacial score (nSPS) is 22.6. The third-order valence-corrected chi connectivity index (χ3v) is 7.87. The van der Waals surface area contributed by atoms with Gasteiger partial charge in [0.15, 0.2) is 0 Å². The van der Waals surface area contributed by atoms with Gasteiger partial charge in [0.05, 0.1) is 17.2 Å². The first-order chi connectivity index (χ1) is 15.6. The van der Waals surface area contributed by atoms with E-state index >= 15 is 0 Å². The molecule has 2 saturated heterocycles. The molecule has 8 nitrogen and oxygen atoms in total. The monoisotopic (exact) mass is 512 g/mol. The molecule has 0 aliphatic carbocycles. The molecule has 0 saturated carbocycles. The van der Waals surface area contributed by atoms with Crippen LogP contribution in [0.4, 0.5) is 0 Å². The summed E-state index contributed by atoms with van der Waals surface area (Å²) in [7, 11) is -4.05. The smallest absolute Gasteiger partial charge is 0.254 e. The van der Waals surface area contributed by atoms with Gasteiger partial charge >= 0.3 is 0 Å². The van der Waals surface area contributed by atoms with Crippen molar-refractivity contribution in [1.82, 2.24) is 14.7 Å². The number of piperazine rings is 1. The van der Waals surface area contributed by atoms with Crippen molar-refractivity contribution < 1.29 is 18.3 Å². The van der Waals surface area contributed by atoms with Crippen LogP contribution in [-0.2, 0) is 16.6 Å². The van der Waals surface area contributed by atoms with Gasteiger partial charge < -0.3 is 10.0 Å². The van der Waals surface area contributed by atoms with E-state index in [2.05, 4.69) is 9.80 Å². The van der Waals surface area contributed by atoms with Crippen LogP contribution in [0.25, 0.3) is 0 Å². The average Bonchev–Trinajstić information content (AvgIpc) is 3.16. The summed E-state index contributed by atoms with van der Waals surface area (Å²) in [6, 6.07) is 11.7. The molecule has 0 spiro atoms. The van der Waals surface area contributed by atoms with Gasteiger partial charge in [-0.1, -0.05) is 35.3 Å². The summed E-state index contributed by atoms with van der Waals surface area (Å²) in [5.74, 6) is -0.362. The lowest BCUT2D eigenvalue weighted by Crippen LogP contribution is -2.53. The number of hydrogen-bond donors (Lipinski definition) is 2. The number of aliphatic hydroxyl groups is 1. The van der Waals surface area contributed by atoms with Crippen molar-refractivity contribution in [3.05, 3.63) is 63.6 Å². The average molecular weight is 513 g/mol. The predicted molar refractivity (Wildman–Crippen MR) is 127 cm³/mol. The third kappa shape index (κ3) is 5.68. The molecule has 0 unspecified atom stereocenters. The van der Waals surface area contributed by atoms with E-state index in [1.54, 1.807) is 4.90 Å². The molecule has 1 amide bonds. The van der Waals surface area contributed by atoms with Crippen molar-refractivity contribution in [1.29, 1.82) is 0 Å². The van der Waals surface area contributed by atoms with Gasteiger partial charge in [-0.25, -0.2) is 13.6 Å². The van der Waals surface area contributed by atoms with E-state index in [-0.39, 0.29) is 34.0 Å². The molecular formula is C22H26Cl2N4O4S. The number of halogens is 2. The van der Waals surface area contributed by atoms with Crippen molar-refractivity contribution in [2.75, 3.05) is 39.3 Å². The van der Waals surface area contributed by atoms with Crippen LogP contribution >= 0.6 is 23.2 Å². The minimum atomic E-state index is -4.05. The lowest BCUT2D eigenvalue weighted by molar-refractivity contribution is 0.0423. The molecule has 2 fully saturated rings. The first kappa shape index (κ1) is 24.4. The standard InChI is InChI=1S/C22H26Cl2N4O4S/c23-17-4-1-15(2-5-17)12-26-7-9-27(10-8-26)19-13-28(14-20(19)29)22(30)16-3-6-18(24)21(11-16)33(25,31)32/h1-6,11,19-20,29H,7-10,12-14H2,(H2,25,31,32)/t19-,20-/m1/s1. The number of carbonyl (C=O) groups is 1. The molecule has 0 bridgehead atoms. The van der Waals surface area contributed by atoms with E-state index in [1.807, 2.05) is 24.3 Å². The Morgan fingerprint density at radius 1 is 1.03 bits per heavy atom. The van der Waals surface area contributed by atoms with E-state index in [9.17, 15) is 18.3 Å². The number of nitrogens with two attached hydrogens (primary N) is 1. The van der Waals surface area contributed by atoms with Crippen LogP contribution in [0.5, 0.6) is 0 Å². The lowest BCUT2D eigenvalue weighted by atomic mass is 10.1. The highest BCUT2D eigenvalue weighted by atomic mass is 35.5. The number of β-amino-alcohol motifs (C(OH)–C–C–N with tert-alkyl or cyclic N) is 1. The number of sulfonamides is 1. The van der Waals surface area contributed by atoms with E-state index in [4.69, 9.17) is 28.3 Å². The minimum absolute atomic E-state index is 0.0372.